The molecule has 0 spiro atoms. The van der Waals surface area contributed by atoms with E-state index in [9.17, 15) is 4.79 Å². The van der Waals surface area contributed by atoms with Gasteiger partial charge in [-0.15, -0.1) is 24.0 Å². The topological polar surface area (TPSA) is 72.0 Å². The van der Waals surface area contributed by atoms with Gasteiger partial charge in [-0.1, -0.05) is 20.8 Å². The highest BCUT2D eigenvalue weighted by molar-refractivity contribution is 14.0. The van der Waals surface area contributed by atoms with Crippen molar-refractivity contribution in [2.75, 3.05) is 33.9 Å². The highest BCUT2D eigenvalue weighted by Gasteiger charge is 2.24. The van der Waals surface area contributed by atoms with Crippen LogP contribution in [0.1, 0.15) is 40.5 Å². The molecule has 22 heavy (non-hydrogen) atoms. The number of nitrogens with one attached hydrogen (secondary N) is 2. The number of esters is 1. The fourth-order valence-corrected chi connectivity index (χ4v) is 1.83. The maximum Gasteiger partial charge on any atom is 0.305 e. The summed E-state index contributed by atoms with van der Waals surface area (Å²) in [5, 5.41) is 6.41. The molecule has 0 heterocycles. The van der Waals surface area contributed by atoms with Gasteiger partial charge >= 0.3 is 5.97 Å². The number of nitrogens with zero attached hydrogens (tertiary/aromatic N) is 1. The molecule has 132 valence electrons. The number of halogens is 1. The van der Waals surface area contributed by atoms with E-state index in [4.69, 9.17) is 9.47 Å². The van der Waals surface area contributed by atoms with Gasteiger partial charge in [-0.3, -0.25) is 9.79 Å². The van der Waals surface area contributed by atoms with Crippen LogP contribution in [0, 0.1) is 5.41 Å². The fraction of sp³-hybridized carbons (Fsp3) is 0.867. The lowest BCUT2D eigenvalue weighted by molar-refractivity contribution is -0.143. The number of aliphatic imine (C=N–C) groups is 1. The molecule has 7 heteroatoms. The van der Waals surface area contributed by atoms with E-state index >= 15 is 0 Å². The van der Waals surface area contributed by atoms with Crippen molar-refractivity contribution in [2.24, 2.45) is 10.4 Å². The van der Waals surface area contributed by atoms with Crippen LogP contribution in [0.5, 0.6) is 0 Å². The molecular weight excluding hydrogens is 397 g/mol. The number of carbonyl (C=O) groups excluding carboxylic acids is 1. The number of hydrogen-bond donors (Lipinski definition) is 2. The van der Waals surface area contributed by atoms with Crippen LogP contribution in [0.4, 0.5) is 0 Å². The standard InChI is InChI=1S/C15H31N3O3.HI/c1-7-21-13(19)9-8-10-17-14(16-5)18-11-12(20-6)15(2,3)4;/h12H,7-11H2,1-6H3,(H2,16,17,18);1H. The molecule has 0 rings (SSSR count). The van der Waals surface area contributed by atoms with Crippen LogP contribution in [0.15, 0.2) is 4.99 Å². The summed E-state index contributed by atoms with van der Waals surface area (Å²) < 4.78 is 10.4. The second-order valence-electron chi connectivity index (χ2n) is 5.88. The minimum absolute atomic E-state index is 0. The van der Waals surface area contributed by atoms with Crippen LogP contribution in [-0.4, -0.2) is 51.9 Å². The van der Waals surface area contributed by atoms with Gasteiger partial charge in [0.25, 0.3) is 0 Å². The van der Waals surface area contributed by atoms with E-state index in [1.807, 2.05) is 6.92 Å². The van der Waals surface area contributed by atoms with Crippen molar-refractivity contribution in [1.29, 1.82) is 0 Å². The Bertz CT molecular complexity index is 330. The molecule has 0 saturated heterocycles. The number of ether oxygens (including phenoxy) is 2. The van der Waals surface area contributed by atoms with Crippen molar-refractivity contribution in [2.45, 2.75) is 46.6 Å². The summed E-state index contributed by atoms with van der Waals surface area (Å²) in [5.41, 5.74) is 0.0600. The van der Waals surface area contributed by atoms with Gasteiger partial charge in [0.05, 0.1) is 12.7 Å². The Labute approximate surface area is 151 Å². The lowest BCUT2D eigenvalue weighted by Gasteiger charge is -2.30. The first-order valence-electron chi connectivity index (χ1n) is 7.48. The minimum Gasteiger partial charge on any atom is -0.466 e. The van der Waals surface area contributed by atoms with Crippen molar-refractivity contribution in [3.63, 3.8) is 0 Å². The van der Waals surface area contributed by atoms with Gasteiger partial charge in [-0.2, -0.15) is 0 Å². The Morgan fingerprint density at radius 2 is 1.91 bits per heavy atom. The number of rotatable bonds is 8. The summed E-state index contributed by atoms with van der Waals surface area (Å²) in [5.74, 6) is 0.555. The van der Waals surface area contributed by atoms with Gasteiger partial charge in [-0.25, -0.2) is 0 Å². The fourth-order valence-electron chi connectivity index (χ4n) is 1.83. The van der Waals surface area contributed by atoms with E-state index in [1.54, 1.807) is 14.2 Å². The Morgan fingerprint density at radius 3 is 2.36 bits per heavy atom. The Hall–Kier alpha value is -0.570. The van der Waals surface area contributed by atoms with Crippen LogP contribution in [0.3, 0.4) is 0 Å². The predicted molar refractivity (Wildman–Crippen MR) is 101 cm³/mol. The lowest BCUT2D eigenvalue weighted by atomic mass is 9.89. The first-order chi connectivity index (χ1) is 9.85. The number of carbonyl (C=O) groups is 1. The summed E-state index contributed by atoms with van der Waals surface area (Å²) in [4.78, 5) is 15.4. The molecule has 0 aliphatic heterocycles. The second-order valence-corrected chi connectivity index (χ2v) is 5.88. The van der Waals surface area contributed by atoms with Crippen LogP contribution in [-0.2, 0) is 14.3 Å². The van der Waals surface area contributed by atoms with Crippen LogP contribution >= 0.6 is 24.0 Å². The minimum atomic E-state index is -0.158. The largest absolute Gasteiger partial charge is 0.466 e. The zero-order valence-electron chi connectivity index (χ0n) is 14.7. The van der Waals surface area contributed by atoms with Crippen molar-refractivity contribution in [3.05, 3.63) is 0 Å². The third kappa shape index (κ3) is 11.1. The Kier molecular flexibility index (Phi) is 13.9. The van der Waals surface area contributed by atoms with Crippen LogP contribution < -0.4 is 10.6 Å². The van der Waals surface area contributed by atoms with E-state index in [2.05, 4.69) is 36.4 Å². The average Bonchev–Trinajstić information content (AvgIpc) is 2.40. The lowest BCUT2D eigenvalue weighted by Crippen LogP contribution is -2.45. The molecule has 0 aromatic carbocycles. The monoisotopic (exact) mass is 429 g/mol. The van der Waals surface area contributed by atoms with Crippen molar-refractivity contribution in [1.82, 2.24) is 10.6 Å². The predicted octanol–water partition coefficient (Wildman–Crippen LogP) is 2.17. The quantitative estimate of drug-likeness (QED) is 0.204. The SMILES string of the molecule is CCOC(=O)CCCNC(=NC)NCC(OC)C(C)(C)C.I. The molecular formula is C15H32IN3O3. The summed E-state index contributed by atoms with van der Waals surface area (Å²) >= 11 is 0. The van der Waals surface area contributed by atoms with Gasteiger partial charge in [0.2, 0.25) is 0 Å². The zero-order chi connectivity index (χ0) is 16.3. The number of methoxy groups -OCH3 is 1. The molecule has 0 aromatic rings. The highest BCUT2D eigenvalue weighted by atomic mass is 127. The van der Waals surface area contributed by atoms with Gasteiger partial charge in [0.1, 0.15) is 0 Å². The van der Waals surface area contributed by atoms with Crippen LogP contribution in [0.25, 0.3) is 0 Å². The number of hydrogen-bond acceptors (Lipinski definition) is 4. The molecule has 2 N–H and O–H groups in total. The van der Waals surface area contributed by atoms with Crippen molar-refractivity contribution < 1.29 is 14.3 Å². The summed E-state index contributed by atoms with van der Waals surface area (Å²) in [6.07, 6.45) is 1.23. The molecule has 0 aromatic heterocycles. The van der Waals surface area contributed by atoms with E-state index in [1.165, 1.54) is 0 Å². The number of guanidine groups is 1. The van der Waals surface area contributed by atoms with E-state index < -0.39 is 0 Å². The van der Waals surface area contributed by atoms with E-state index in [-0.39, 0.29) is 41.5 Å². The smallest absolute Gasteiger partial charge is 0.305 e. The molecule has 0 amide bonds. The van der Waals surface area contributed by atoms with Crippen molar-refractivity contribution >= 4 is 35.9 Å². The van der Waals surface area contributed by atoms with Gasteiger partial charge in [0.15, 0.2) is 5.96 Å². The zero-order valence-corrected chi connectivity index (χ0v) is 17.0. The van der Waals surface area contributed by atoms with E-state index in [0.717, 1.165) is 0 Å². The van der Waals surface area contributed by atoms with Crippen LogP contribution in [0.2, 0.25) is 0 Å². The molecule has 0 aliphatic rings. The molecule has 0 radical (unpaired) electrons. The van der Waals surface area contributed by atoms with E-state index in [0.29, 0.717) is 38.5 Å². The Morgan fingerprint density at radius 1 is 1.27 bits per heavy atom. The maximum atomic E-state index is 11.2. The molecule has 0 aliphatic carbocycles. The third-order valence-corrected chi connectivity index (χ3v) is 3.08. The van der Waals surface area contributed by atoms with Gasteiger partial charge < -0.3 is 20.1 Å². The molecule has 6 nitrogen and oxygen atoms in total. The summed E-state index contributed by atoms with van der Waals surface area (Å²) in [6.45, 7) is 10.0. The first-order valence-corrected chi connectivity index (χ1v) is 7.48. The first kappa shape index (κ1) is 23.7. The van der Waals surface area contributed by atoms with Gasteiger partial charge in [0, 0.05) is 33.7 Å². The average molecular weight is 429 g/mol. The summed E-state index contributed by atoms with van der Waals surface area (Å²) in [6, 6.07) is 0. The molecule has 1 unspecified atom stereocenters. The molecule has 0 bridgehead atoms. The van der Waals surface area contributed by atoms with Gasteiger partial charge in [-0.05, 0) is 18.8 Å². The normalized spacial score (nSPS) is 13.1. The molecule has 0 saturated carbocycles. The Balaban J connectivity index is 0. The second kappa shape index (κ2) is 12.9. The molecule has 0 fully saturated rings. The highest BCUT2D eigenvalue weighted by Crippen LogP contribution is 2.20. The summed E-state index contributed by atoms with van der Waals surface area (Å²) in [7, 11) is 3.44. The maximum absolute atomic E-state index is 11.2. The molecule has 1 atom stereocenters. The van der Waals surface area contributed by atoms with Crippen molar-refractivity contribution in [3.8, 4) is 0 Å². The third-order valence-electron chi connectivity index (χ3n) is 3.08.